The van der Waals surface area contributed by atoms with Crippen molar-refractivity contribution in [2.24, 2.45) is 5.92 Å². The summed E-state index contributed by atoms with van der Waals surface area (Å²) in [5, 5.41) is 17.8. The van der Waals surface area contributed by atoms with E-state index >= 15 is 4.39 Å². The lowest BCUT2D eigenvalue weighted by atomic mass is 9.94. The second-order valence-electron chi connectivity index (χ2n) is 11.9. The number of aliphatic hydroxyl groups is 1. The summed E-state index contributed by atoms with van der Waals surface area (Å²) >= 11 is 0. The van der Waals surface area contributed by atoms with Gasteiger partial charge in [0.2, 0.25) is 5.91 Å². The molecule has 0 radical (unpaired) electrons. The summed E-state index contributed by atoms with van der Waals surface area (Å²) in [7, 11) is 0. The maximum absolute atomic E-state index is 15.6. The maximum Gasteiger partial charge on any atom is 0.355 e. The van der Waals surface area contributed by atoms with Crippen molar-refractivity contribution in [3.05, 3.63) is 76.6 Å². The number of nitrogens with zero attached hydrogens (tertiary/aromatic N) is 4. The number of halogens is 2. The van der Waals surface area contributed by atoms with Gasteiger partial charge in [-0.2, -0.15) is 4.98 Å². The van der Waals surface area contributed by atoms with E-state index in [-0.39, 0.29) is 66.6 Å². The normalized spacial score (nSPS) is 19.1. The number of fused-ring (bicyclic) bond motifs is 4. The molecule has 2 aromatic heterocycles. The molecule has 2 aliphatic heterocycles. The maximum atomic E-state index is 15.6. The predicted octanol–water partition coefficient (Wildman–Crippen LogP) is 3.81. The third-order valence-electron chi connectivity index (χ3n) is 8.06. The second-order valence-corrected chi connectivity index (χ2v) is 11.9. The standard InChI is InChI=1S/C34H40F2N6O5/c1-6-27(44)37-12-13-38-32-23-16-20(4)29-28-24(36)8-7-9-26(28)47-18-25(43)31(46-15-11-35)22-10-14-41(17-19(2)3)21(5)30(22)42(33(23)39-29)34(45)40-32/h6-10,14,16,19,21,25,31,43H,1,11-13,15,17-18H2,2-5H3,(H,37,44)(H,38,40,45)/t21-,25?,31?/m1/s1. The Kier molecular flexibility index (Phi) is 10.4. The van der Waals surface area contributed by atoms with Crippen molar-refractivity contribution in [1.82, 2.24) is 24.8 Å². The number of benzene rings is 1. The van der Waals surface area contributed by atoms with Gasteiger partial charge in [0.25, 0.3) is 0 Å². The summed E-state index contributed by atoms with van der Waals surface area (Å²) in [6.07, 6.45) is 2.35. The predicted molar refractivity (Wildman–Crippen MR) is 176 cm³/mol. The molecule has 250 valence electrons. The lowest BCUT2D eigenvalue weighted by molar-refractivity contribution is -0.116. The molecular weight excluding hydrogens is 610 g/mol. The number of hydrogen-bond donors (Lipinski definition) is 3. The lowest BCUT2D eigenvalue weighted by Crippen LogP contribution is -2.44. The lowest BCUT2D eigenvalue weighted by Gasteiger charge is -2.38. The van der Waals surface area contributed by atoms with Crippen molar-refractivity contribution < 1.29 is 28.2 Å². The van der Waals surface area contributed by atoms with Gasteiger partial charge in [-0.3, -0.25) is 4.79 Å². The zero-order valence-electron chi connectivity index (χ0n) is 26.9. The van der Waals surface area contributed by atoms with Crippen LogP contribution in [0.15, 0.2) is 59.6 Å². The van der Waals surface area contributed by atoms with E-state index in [1.807, 2.05) is 13.1 Å². The number of carbonyl (C=O) groups excluding carboxylic acids is 1. The molecule has 3 atom stereocenters. The number of aryl methyl sites for hydroxylation is 1. The molecular formula is C34H40F2N6O5. The quantitative estimate of drug-likeness (QED) is 0.222. The Morgan fingerprint density at radius 1 is 1.30 bits per heavy atom. The number of nitrogens with one attached hydrogen (secondary N) is 2. The third-order valence-corrected chi connectivity index (χ3v) is 8.06. The first-order chi connectivity index (χ1) is 22.5. The Morgan fingerprint density at radius 2 is 2.09 bits per heavy atom. The van der Waals surface area contributed by atoms with Gasteiger partial charge in [-0.15, -0.1) is 0 Å². The molecule has 1 amide bonds. The highest BCUT2D eigenvalue weighted by Crippen LogP contribution is 2.38. The van der Waals surface area contributed by atoms with Crippen LogP contribution in [0.3, 0.4) is 0 Å². The Morgan fingerprint density at radius 3 is 2.81 bits per heavy atom. The topological polar surface area (TPSA) is 131 Å². The summed E-state index contributed by atoms with van der Waals surface area (Å²) in [6, 6.07) is 5.67. The molecule has 2 aliphatic rings. The molecule has 0 saturated heterocycles. The van der Waals surface area contributed by atoms with Crippen molar-refractivity contribution >= 4 is 28.5 Å². The summed E-state index contributed by atoms with van der Waals surface area (Å²) < 4.78 is 42.4. The summed E-state index contributed by atoms with van der Waals surface area (Å²) in [6.45, 7) is 10.9. The first-order valence-electron chi connectivity index (χ1n) is 15.6. The van der Waals surface area contributed by atoms with Gasteiger partial charge < -0.3 is 30.1 Å². The van der Waals surface area contributed by atoms with E-state index in [0.29, 0.717) is 28.8 Å². The fourth-order valence-electron chi connectivity index (χ4n) is 5.97. The fraction of sp³-hybridized carbons (Fsp3) is 0.412. The highest BCUT2D eigenvalue weighted by atomic mass is 19.1. The third kappa shape index (κ3) is 6.91. The van der Waals surface area contributed by atoms with Crippen molar-refractivity contribution in [3.8, 4) is 17.0 Å². The van der Waals surface area contributed by atoms with Crippen LogP contribution in [0.4, 0.5) is 14.6 Å². The highest BCUT2D eigenvalue weighted by molar-refractivity contribution is 5.92. The second kappa shape index (κ2) is 14.4. The van der Waals surface area contributed by atoms with Crippen LogP contribution in [-0.4, -0.2) is 88.2 Å². The molecule has 47 heavy (non-hydrogen) atoms. The van der Waals surface area contributed by atoms with E-state index < -0.39 is 36.4 Å². The number of amides is 1. The number of hydrogen-bond acceptors (Lipinski definition) is 9. The molecule has 5 rings (SSSR count). The largest absolute Gasteiger partial charge is 0.490 e. The number of aliphatic hydroxyl groups excluding tert-OH is 1. The minimum Gasteiger partial charge on any atom is -0.490 e. The number of pyridine rings is 1. The molecule has 0 saturated carbocycles. The molecule has 2 bridgehead atoms. The molecule has 2 unspecified atom stereocenters. The van der Waals surface area contributed by atoms with Crippen LogP contribution in [-0.2, 0) is 9.53 Å². The Labute approximate surface area is 271 Å². The van der Waals surface area contributed by atoms with E-state index in [4.69, 9.17) is 14.5 Å². The molecule has 11 nitrogen and oxygen atoms in total. The van der Waals surface area contributed by atoms with Gasteiger partial charge in [0.05, 0.1) is 35.0 Å². The fourth-order valence-corrected chi connectivity index (χ4v) is 5.97. The molecule has 0 fully saturated rings. The SMILES string of the molecule is C=CC(=O)NCCNc1nc(=O)n2c3nc(c(C)cc13)-c1c(F)cccc1OCC(O)C(OCCF)C1=C2[C@@H](C)N(CC(C)C)C=C1. The number of aromatic nitrogens is 3. The van der Waals surface area contributed by atoms with Crippen molar-refractivity contribution in [3.63, 3.8) is 0 Å². The Hall–Kier alpha value is -4.62. The van der Waals surface area contributed by atoms with E-state index in [9.17, 15) is 19.1 Å². The molecule has 0 spiro atoms. The van der Waals surface area contributed by atoms with Crippen LogP contribution >= 0.6 is 0 Å². The summed E-state index contributed by atoms with van der Waals surface area (Å²) in [5.41, 5.74) is 1.24. The van der Waals surface area contributed by atoms with Crippen molar-refractivity contribution in [1.29, 1.82) is 0 Å². The average molecular weight is 651 g/mol. The van der Waals surface area contributed by atoms with Gasteiger partial charge in [-0.1, -0.05) is 26.5 Å². The summed E-state index contributed by atoms with van der Waals surface area (Å²) in [4.78, 5) is 37.3. The first-order valence-corrected chi connectivity index (χ1v) is 15.6. The van der Waals surface area contributed by atoms with Gasteiger partial charge in [-0.05, 0) is 55.7 Å². The number of anilines is 1. The van der Waals surface area contributed by atoms with Gasteiger partial charge in [0.15, 0.2) is 5.65 Å². The minimum atomic E-state index is -1.33. The van der Waals surface area contributed by atoms with Crippen molar-refractivity contribution in [2.45, 2.75) is 45.9 Å². The van der Waals surface area contributed by atoms with Crippen LogP contribution in [0.5, 0.6) is 5.75 Å². The summed E-state index contributed by atoms with van der Waals surface area (Å²) in [5.74, 6) is -0.333. The van der Waals surface area contributed by atoms with Crippen LogP contribution in [0.2, 0.25) is 0 Å². The molecule has 13 heteroatoms. The minimum absolute atomic E-state index is 0.0607. The smallest absolute Gasteiger partial charge is 0.355 e. The highest BCUT2D eigenvalue weighted by Gasteiger charge is 2.35. The molecule has 3 aromatic rings. The van der Waals surface area contributed by atoms with Gasteiger partial charge >= 0.3 is 5.69 Å². The Balaban J connectivity index is 1.83. The average Bonchev–Trinajstić information content (AvgIpc) is 3.03. The van der Waals surface area contributed by atoms with Crippen LogP contribution in [0.25, 0.3) is 28.0 Å². The molecule has 1 aromatic carbocycles. The van der Waals surface area contributed by atoms with E-state index in [1.165, 1.54) is 16.7 Å². The zero-order chi connectivity index (χ0) is 33.8. The first kappa shape index (κ1) is 33.7. The van der Waals surface area contributed by atoms with Crippen LogP contribution in [0.1, 0.15) is 26.3 Å². The van der Waals surface area contributed by atoms with Crippen molar-refractivity contribution in [2.75, 3.05) is 44.8 Å². The zero-order valence-corrected chi connectivity index (χ0v) is 26.9. The van der Waals surface area contributed by atoms with Crippen LogP contribution < -0.4 is 21.1 Å². The molecule has 3 N–H and O–H groups in total. The van der Waals surface area contributed by atoms with Crippen LogP contribution in [0, 0.1) is 18.7 Å². The monoisotopic (exact) mass is 650 g/mol. The van der Waals surface area contributed by atoms with E-state index in [0.717, 1.165) is 6.08 Å². The molecule has 0 aliphatic carbocycles. The Bertz CT molecular complexity index is 1790. The van der Waals surface area contributed by atoms with E-state index in [2.05, 4.69) is 40.9 Å². The van der Waals surface area contributed by atoms with Gasteiger partial charge in [0, 0.05) is 31.4 Å². The number of ether oxygens (including phenoxy) is 2. The number of rotatable bonds is 10. The van der Waals surface area contributed by atoms with E-state index in [1.54, 1.807) is 25.1 Å². The number of alkyl halides is 1. The van der Waals surface area contributed by atoms with Gasteiger partial charge in [-0.25, -0.2) is 23.1 Å². The van der Waals surface area contributed by atoms with Gasteiger partial charge in [0.1, 0.15) is 42.9 Å². The number of carbonyl (C=O) groups is 1. The molecule has 4 heterocycles.